The van der Waals surface area contributed by atoms with E-state index in [0.717, 1.165) is 36.0 Å². The Balaban J connectivity index is 1.64. The minimum absolute atomic E-state index is 0.484. The van der Waals surface area contributed by atoms with Crippen LogP contribution in [0.5, 0.6) is 0 Å². The second kappa shape index (κ2) is 5.05. The van der Waals surface area contributed by atoms with Gasteiger partial charge in [-0.1, -0.05) is 11.6 Å². The van der Waals surface area contributed by atoms with Gasteiger partial charge in [-0.3, -0.25) is 10.00 Å². The molecule has 0 aromatic carbocycles. The van der Waals surface area contributed by atoms with Gasteiger partial charge in [0.15, 0.2) is 0 Å². The van der Waals surface area contributed by atoms with Gasteiger partial charge in [-0.15, -0.1) is 0 Å². The molecule has 6 heteroatoms. The summed E-state index contributed by atoms with van der Waals surface area (Å²) in [6.07, 6.45) is 0.292. The highest BCUT2D eigenvalue weighted by Gasteiger charge is 2.41. The van der Waals surface area contributed by atoms with Gasteiger partial charge in [-0.25, -0.2) is 0 Å². The Bertz CT molecular complexity index is 447. The molecule has 0 unspecified atom stereocenters. The highest BCUT2D eigenvalue weighted by Crippen LogP contribution is 2.37. The van der Waals surface area contributed by atoms with Crippen LogP contribution in [-0.2, 0) is 6.54 Å². The number of aryl methyl sites for hydroxylation is 1. The summed E-state index contributed by atoms with van der Waals surface area (Å²) in [6, 6.07) is 0. The Labute approximate surface area is 117 Å². The molecule has 1 saturated heterocycles. The molecule has 0 spiro atoms. The van der Waals surface area contributed by atoms with Crippen molar-refractivity contribution >= 4 is 11.6 Å². The molecule has 2 fully saturated rings. The van der Waals surface area contributed by atoms with E-state index in [2.05, 4.69) is 15.1 Å². The van der Waals surface area contributed by atoms with Gasteiger partial charge < -0.3 is 10.2 Å². The van der Waals surface area contributed by atoms with Crippen molar-refractivity contribution in [1.29, 1.82) is 0 Å². The number of rotatable bonds is 2. The fraction of sp³-hybridized carbons (Fsp3) is 0.769. The van der Waals surface area contributed by atoms with Gasteiger partial charge in [-0.05, 0) is 31.6 Å². The van der Waals surface area contributed by atoms with Gasteiger partial charge in [0, 0.05) is 19.6 Å². The molecule has 4 atom stereocenters. The zero-order valence-corrected chi connectivity index (χ0v) is 11.8. The molecule has 3 rings (SSSR count). The summed E-state index contributed by atoms with van der Waals surface area (Å²) in [5.41, 5.74) is 1.79. The number of aromatic amines is 1. The third-order valence-corrected chi connectivity index (χ3v) is 5.00. The number of nitrogens with one attached hydrogen (secondary N) is 1. The highest BCUT2D eigenvalue weighted by atomic mass is 35.5. The normalized spacial score (nSPS) is 35.6. The number of hydrogen-bond acceptors (Lipinski definition) is 4. The number of aliphatic hydroxyl groups is 2. The number of aromatic nitrogens is 2. The average molecular weight is 286 g/mol. The van der Waals surface area contributed by atoms with E-state index in [4.69, 9.17) is 11.6 Å². The van der Waals surface area contributed by atoms with Crippen LogP contribution in [0.15, 0.2) is 0 Å². The molecule has 5 nitrogen and oxygen atoms in total. The summed E-state index contributed by atoms with van der Waals surface area (Å²) in [4.78, 5) is 2.32. The highest BCUT2D eigenvalue weighted by molar-refractivity contribution is 6.31. The van der Waals surface area contributed by atoms with Crippen LogP contribution in [0.3, 0.4) is 0 Å². The van der Waals surface area contributed by atoms with Crippen LogP contribution in [0, 0.1) is 18.8 Å². The van der Waals surface area contributed by atoms with E-state index in [-0.39, 0.29) is 0 Å². The molecule has 2 aliphatic rings. The van der Waals surface area contributed by atoms with Crippen molar-refractivity contribution in [2.24, 2.45) is 11.8 Å². The molecule has 106 valence electrons. The van der Waals surface area contributed by atoms with Crippen molar-refractivity contribution in [3.8, 4) is 0 Å². The molecule has 3 N–H and O–H groups in total. The van der Waals surface area contributed by atoms with Crippen molar-refractivity contribution in [2.45, 2.75) is 38.5 Å². The van der Waals surface area contributed by atoms with E-state index in [9.17, 15) is 10.2 Å². The fourth-order valence-corrected chi connectivity index (χ4v) is 3.56. The monoisotopic (exact) mass is 285 g/mol. The Morgan fingerprint density at radius 2 is 1.84 bits per heavy atom. The molecule has 1 saturated carbocycles. The number of likely N-dealkylation sites (tertiary alicyclic amines) is 1. The van der Waals surface area contributed by atoms with Crippen molar-refractivity contribution in [1.82, 2.24) is 15.1 Å². The fourth-order valence-electron chi connectivity index (χ4n) is 3.42. The maximum absolute atomic E-state index is 9.74. The van der Waals surface area contributed by atoms with Crippen LogP contribution < -0.4 is 0 Å². The van der Waals surface area contributed by atoms with E-state index < -0.39 is 12.2 Å². The van der Waals surface area contributed by atoms with Gasteiger partial charge in [0.05, 0.1) is 28.6 Å². The van der Waals surface area contributed by atoms with E-state index in [1.807, 2.05) is 6.92 Å². The number of halogens is 1. The number of aliphatic hydroxyl groups excluding tert-OH is 2. The number of nitrogens with zero attached hydrogens (tertiary/aromatic N) is 2. The molecule has 19 heavy (non-hydrogen) atoms. The Kier molecular flexibility index (Phi) is 3.55. The molecule has 0 amide bonds. The maximum atomic E-state index is 9.74. The summed E-state index contributed by atoms with van der Waals surface area (Å²) < 4.78 is 0. The summed E-state index contributed by atoms with van der Waals surface area (Å²) in [6.45, 7) is 4.56. The summed E-state index contributed by atoms with van der Waals surface area (Å²) in [5.74, 6) is 0.967. The minimum atomic E-state index is -0.558. The van der Waals surface area contributed by atoms with Crippen molar-refractivity contribution in [2.75, 3.05) is 13.1 Å². The quantitative estimate of drug-likeness (QED) is 0.756. The molecular weight excluding hydrogens is 266 g/mol. The van der Waals surface area contributed by atoms with E-state index in [0.29, 0.717) is 24.7 Å². The Hall–Kier alpha value is -0.620. The van der Waals surface area contributed by atoms with Gasteiger partial charge in [0.1, 0.15) is 0 Å². The van der Waals surface area contributed by atoms with Crippen molar-refractivity contribution in [3.63, 3.8) is 0 Å². The Morgan fingerprint density at radius 3 is 2.32 bits per heavy atom. The first-order valence-electron chi connectivity index (χ1n) is 6.82. The summed E-state index contributed by atoms with van der Waals surface area (Å²) >= 11 is 6.19. The lowest BCUT2D eigenvalue weighted by atomic mass is 9.79. The maximum Gasteiger partial charge on any atom is 0.0951 e. The van der Waals surface area contributed by atoms with Crippen molar-refractivity contribution < 1.29 is 10.2 Å². The molecule has 1 aromatic heterocycles. The molecule has 1 aliphatic carbocycles. The first-order chi connectivity index (χ1) is 9.04. The molecule has 0 radical (unpaired) electrons. The topological polar surface area (TPSA) is 72.4 Å². The summed E-state index contributed by atoms with van der Waals surface area (Å²) in [5, 5.41) is 27.3. The molecule has 1 aromatic rings. The molecule has 2 heterocycles. The lowest BCUT2D eigenvalue weighted by Crippen LogP contribution is -2.38. The second-order valence-electron chi connectivity index (χ2n) is 5.93. The van der Waals surface area contributed by atoms with Gasteiger partial charge in [-0.2, -0.15) is 5.10 Å². The zero-order valence-electron chi connectivity index (χ0n) is 11.0. The molecule has 1 aliphatic heterocycles. The number of H-pyrrole nitrogens is 1. The van der Waals surface area contributed by atoms with Crippen LogP contribution in [0.25, 0.3) is 0 Å². The molecular formula is C13H20ClN3O2. The Morgan fingerprint density at radius 1 is 1.26 bits per heavy atom. The predicted molar refractivity (Wildman–Crippen MR) is 71.8 cm³/mol. The van der Waals surface area contributed by atoms with E-state index >= 15 is 0 Å². The van der Waals surface area contributed by atoms with Crippen LogP contribution in [0.4, 0.5) is 0 Å². The first kappa shape index (κ1) is 13.4. The van der Waals surface area contributed by atoms with Gasteiger partial charge in [0.2, 0.25) is 0 Å². The van der Waals surface area contributed by atoms with Crippen molar-refractivity contribution in [3.05, 3.63) is 16.4 Å². The lowest BCUT2D eigenvalue weighted by Gasteiger charge is -2.32. The van der Waals surface area contributed by atoms with Gasteiger partial charge >= 0.3 is 0 Å². The molecule has 0 bridgehead atoms. The smallest absolute Gasteiger partial charge is 0.0951 e. The largest absolute Gasteiger partial charge is 0.390 e. The average Bonchev–Trinajstić information content (AvgIpc) is 2.88. The predicted octanol–water partition coefficient (Wildman–Crippen LogP) is 0.935. The lowest BCUT2D eigenvalue weighted by molar-refractivity contribution is -0.0372. The van der Waals surface area contributed by atoms with Gasteiger partial charge in [0.25, 0.3) is 0 Å². The minimum Gasteiger partial charge on any atom is -0.390 e. The van der Waals surface area contributed by atoms with E-state index in [1.165, 1.54) is 0 Å². The van der Waals surface area contributed by atoms with Crippen LogP contribution >= 0.6 is 11.6 Å². The van der Waals surface area contributed by atoms with E-state index in [1.54, 1.807) is 0 Å². The first-order valence-corrected chi connectivity index (χ1v) is 7.20. The summed E-state index contributed by atoms with van der Waals surface area (Å²) in [7, 11) is 0. The van der Waals surface area contributed by atoms with Crippen LogP contribution in [0.1, 0.15) is 24.2 Å². The van der Waals surface area contributed by atoms with Crippen LogP contribution in [0.2, 0.25) is 5.02 Å². The standard InChI is InChI=1S/C13H20ClN3O2/c1-7-13(14)10(16-15-7)6-17-4-8-2-11(18)12(19)3-9(8)5-17/h8-9,11-12,18-19H,2-6H2,1H3,(H,15,16)/t8-,9+,11+,12-. The zero-order chi connectivity index (χ0) is 13.6. The van der Waals surface area contributed by atoms with Crippen LogP contribution in [-0.4, -0.2) is 50.6 Å². The SMILES string of the molecule is Cc1[nH]nc(CN2C[C@H]3C[C@H](O)[C@H](O)C[C@H]3C2)c1Cl. The number of fused-ring (bicyclic) bond motifs is 1. The number of hydrogen-bond donors (Lipinski definition) is 3. The third kappa shape index (κ3) is 2.52. The second-order valence-corrected chi connectivity index (χ2v) is 6.31. The third-order valence-electron chi connectivity index (χ3n) is 4.50.